The molecule has 3 heterocycles. The molecule has 0 saturated carbocycles. The molecule has 0 N–H and O–H groups in total. The van der Waals surface area contributed by atoms with Crippen LogP contribution in [-0.2, 0) is 10.8 Å². The van der Waals surface area contributed by atoms with Crippen LogP contribution in [0.2, 0.25) is 0 Å². The fourth-order valence-corrected chi connectivity index (χ4v) is 9.24. The lowest BCUT2D eigenvalue weighted by Gasteiger charge is -2.43. The van der Waals surface area contributed by atoms with Crippen molar-refractivity contribution in [3.8, 4) is 5.69 Å². The van der Waals surface area contributed by atoms with E-state index in [0.717, 1.165) is 6.42 Å². The van der Waals surface area contributed by atoms with Gasteiger partial charge in [-0.25, -0.2) is 0 Å². The van der Waals surface area contributed by atoms with Crippen LogP contribution in [0.25, 0.3) is 49.3 Å². The number of hydrogen-bond acceptors (Lipinski definition) is 1. The summed E-state index contributed by atoms with van der Waals surface area (Å²) in [5, 5.41) is 5.28. The van der Waals surface area contributed by atoms with Gasteiger partial charge in [0.15, 0.2) is 0 Å². The molecule has 2 aliphatic rings. The Morgan fingerprint density at radius 3 is 1.96 bits per heavy atom. The second-order valence-electron chi connectivity index (χ2n) is 16.2. The average molecular weight is 674 g/mol. The van der Waals surface area contributed by atoms with E-state index in [9.17, 15) is 0 Å². The Bertz CT molecular complexity index is 2750. The Balaban J connectivity index is 1.24. The lowest BCUT2D eigenvalue weighted by molar-refractivity contribution is 0.467. The highest BCUT2D eigenvalue weighted by atomic mass is 15.2. The van der Waals surface area contributed by atoms with E-state index in [2.05, 4.69) is 200 Å². The Labute approximate surface area is 305 Å². The molecule has 0 amide bonds. The van der Waals surface area contributed by atoms with Crippen LogP contribution in [-0.4, -0.2) is 9.13 Å². The quantitative estimate of drug-likeness (QED) is 0.181. The van der Waals surface area contributed by atoms with Gasteiger partial charge in [0.05, 0.1) is 22.6 Å². The number of rotatable bonds is 4. The molecular formula is C49H43N3. The molecule has 1 unspecified atom stereocenters. The van der Waals surface area contributed by atoms with Gasteiger partial charge in [-0.1, -0.05) is 126 Å². The van der Waals surface area contributed by atoms with E-state index in [1.165, 1.54) is 83.1 Å². The molecule has 254 valence electrons. The normalized spacial score (nSPS) is 16.7. The van der Waals surface area contributed by atoms with Crippen molar-refractivity contribution in [3.63, 3.8) is 0 Å². The van der Waals surface area contributed by atoms with E-state index in [1.807, 2.05) is 0 Å². The van der Waals surface area contributed by atoms with Crippen molar-refractivity contribution in [2.45, 2.75) is 57.9 Å². The van der Waals surface area contributed by atoms with Crippen molar-refractivity contribution in [1.29, 1.82) is 0 Å². The van der Waals surface area contributed by atoms with E-state index in [4.69, 9.17) is 0 Å². The molecule has 6 aromatic carbocycles. The first kappa shape index (κ1) is 31.0. The zero-order valence-electron chi connectivity index (χ0n) is 30.6. The number of fused-ring (bicyclic) bond motifs is 9. The summed E-state index contributed by atoms with van der Waals surface area (Å²) in [5.74, 6) is 0. The van der Waals surface area contributed by atoms with Crippen molar-refractivity contribution in [2.75, 3.05) is 4.90 Å². The van der Waals surface area contributed by atoms with Gasteiger partial charge >= 0.3 is 0 Å². The maximum atomic E-state index is 2.68. The standard InChI is InChI=1S/C49H43N3/c1-48(2,3)32-24-26-35(27-25-32)50(33-16-8-6-9-17-33)36-28-29-44-40(30-36)49(4,5)41-31-39-37-20-12-14-22-42(37)51(34-18-10-7-11-19-34)46(39)45-38-21-13-15-23-43(38)52(44)47(41)45/h6-28,30-31,44H,29H2,1-5H3. The molecule has 1 atom stereocenters. The molecule has 1 aliphatic heterocycles. The van der Waals surface area contributed by atoms with Crippen molar-refractivity contribution >= 4 is 55.0 Å². The second kappa shape index (κ2) is 11.1. The topological polar surface area (TPSA) is 13.1 Å². The Morgan fingerprint density at radius 2 is 1.25 bits per heavy atom. The SMILES string of the molecule is CC(C)(C)c1ccc(N(C2=CCC3C(=C2)C(C)(C)c2cc4c5ccccc5n(-c5ccccc5)c4c4c5ccccc5n3c24)c2ccccc2)cc1. The van der Waals surface area contributed by atoms with Crippen LogP contribution in [0, 0.1) is 0 Å². The number of nitrogens with zero attached hydrogens (tertiary/aromatic N) is 3. The van der Waals surface area contributed by atoms with Gasteiger partial charge in [-0.3, -0.25) is 0 Å². The summed E-state index contributed by atoms with van der Waals surface area (Å²) in [6.45, 7) is 11.8. The molecule has 0 saturated heterocycles. The predicted molar refractivity (Wildman–Crippen MR) is 220 cm³/mol. The smallest absolute Gasteiger partial charge is 0.0641 e. The highest BCUT2D eigenvalue weighted by molar-refractivity contribution is 6.27. The van der Waals surface area contributed by atoms with E-state index >= 15 is 0 Å². The summed E-state index contributed by atoms with van der Waals surface area (Å²) < 4.78 is 5.18. The summed E-state index contributed by atoms with van der Waals surface area (Å²) >= 11 is 0. The molecule has 3 heteroatoms. The second-order valence-corrected chi connectivity index (χ2v) is 16.2. The maximum absolute atomic E-state index is 2.68. The van der Waals surface area contributed by atoms with Crippen LogP contribution < -0.4 is 4.90 Å². The van der Waals surface area contributed by atoms with Gasteiger partial charge in [-0.05, 0) is 89.2 Å². The van der Waals surface area contributed by atoms with Crippen LogP contribution in [0.1, 0.15) is 58.2 Å². The number of para-hydroxylation sites is 4. The van der Waals surface area contributed by atoms with E-state index in [0.29, 0.717) is 0 Å². The molecule has 10 rings (SSSR count). The molecule has 0 spiro atoms. The Morgan fingerprint density at radius 1 is 0.635 bits per heavy atom. The number of benzene rings is 6. The van der Waals surface area contributed by atoms with Crippen LogP contribution in [0.15, 0.2) is 163 Å². The zero-order chi connectivity index (χ0) is 35.4. The molecule has 2 aromatic heterocycles. The fraction of sp³-hybridized carbons (Fsp3) is 0.184. The van der Waals surface area contributed by atoms with Gasteiger partial charge < -0.3 is 14.0 Å². The molecule has 0 radical (unpaired) electrons. The van der Waals surface area contributed by atoms with Crippen molar-refractivity contribution in [2.24, 2.45) is 0 Å². The van der Waals surface area contributed by atoms with Gasteiger partial charge in [0.2, 0.25) is 0 Å². The molecule has 1 aliphatic carbocycles. The van der Waals surface area contributed by atoms with Gasteiger partial charge in [0, 0.05) is 55.2 Å². The summed E-state index contributed by atoms with van der Waals surface area (Å²) in [6, 6.07) is 51.7. The first-order valence-corrected chi connectivity index (χ1v) is 18.6. The largest absolute Gasteiger partial charge is 0.332 e. The molecule has 52 heavy (non-hydrogen) atoms. The Kier molecular flexibility index (Phi) is 6.61. The number of hydrogen-bond donors (Lipinski definition) is 0. The van der Waals surface area contributed by atoms with Gasteiger partial charge in [0.25, 0.3) is 0 Å². The molecule has 0 bridgehead atoms. The zero-order valence-corrected chi connectivity index (χ0v) is 30.6. The van der Waals surface area contributed by atoms with Gasteiger partial charge in [-0.15, -0.1) is 0 Å². The van der Waals surface area contributed by atoms with Gasteiger partial charge in [0.1, 0.15) is 0 Å². The lowest BCUT2D eigenvalue weighted by atomic mass is 9.69. The molecule has 0 fully saturated rings. The first-order chi connectivity index (χ1) is 25.2. The number of allylic oxidation sites excluding steroid dienone is 3. The third-order valence-corrected chi connectivity index (χ3v) is 11.8. The van der Waals surface area contributed by atoms with E-state index < -0.39 is 0 Å². The van der Waals surface area contributed by atoms with E-state index in [-0.39, 0.29) is 16.9 Å². The maximum Gasteiger partial charge on any atom is 0.0641 e. The summed E-state index contributed by atoms with van der Waals surface area (Å²) in [4.78, 5) is 2.45. The molecule has 3 nitrogen and oxygen atoms in total. The van der Waals surface area contributed by atoms with Crippen LogP contribution in [0.4, 0.5) is 11.4 Å². The first-order valence-electron chi connectivity index (χ1n) is 18.6. The lowest BCUT2D eigenvalue weighted by Crippen LogP contribution is -2.35. The average Bonchev–Trinajstić information content (AvgIpc) is 3.68. The minimum Gasteiger partial charge on any atom is -0.332 e. The third kappa shape index (κ3) is 4.38. The molecule has 8 aromatic rings. The monoisotopic (exact) mass is 673 g/mol. The molecular weight excluding hydrogens is 631 g/mol. The summed E-state index contributed by atoms with van der Waals surface area (Å²) in [5.41, 5.74) is 14.1. The van der Waals surface area contributed by atoms with Crippen molar-refractivity contribution < 1.29 is 0 Å². The minimum atomic E-state index is -0.213. The van der Waals surface area contributed by atoms with Crippen molar-refractivity contribution in [3.05, 3.63) is 174 Å². The minimum absolute atomic E-state index is 0.0958. The van der Waals surface area contributed by atoms with E-state index in [1.54, 1.807) is 0 Å². The Hall–Kier alpha value is -5.80. The summed E-state index contributed by atoms with van der Waals surface area (Å²) in [6.07, 6.45) is 5.90. The van der Waals surface area contributed by atoms with Crippen LogP contribution in [0.3, 0.4) is 0 Å². The predicted octanol–water partition coefficient (Wildman–Crippen LogP) is 13.1. The fourth-order valence-electron chi connectivity index (χ4n) is 9.24. The van der Waals surface area contributed by atoms with Gasteiger partial charge in [-0.2, -0.15) is 0 Å². The summed E-state index contributed by atoms with van der Waals surface area (Å²) in [7, 11) is 0. The highest BCUT2D eigenvalue weighted by Gasteiger charge is 2.42. The highest BCUT2D eigenvalue weighted by Crippen LogP contribution is 2.55. The third-order valence-electron chi connectivity index (χ3n) is 11.8. The number of aromatic nitrogens is 2. The van der Waals surface area contributed by atoms with Crippen LogP contribution in [0.5, 0.6) is 0 Å². The van der Waals surface area contributed by atoms with Crippen LogP contribution >= 0.6 is 0 Å². The number of anilines is 2. The van der Waals surface area contributed by atoms with Crippen molar-refractivity contribution in [1.82, 2.24) is 9.13 Å².